The van der Waals surface area contributed by atoms with E-state index in [9.17, 15) is 13.2 Å². The third-order valence-electron chi connectivity index (χ3n) is 3.35. The van der Waals surface area contributed by atoms with Gasteiger partial charge in [0.15, 0.2) is 0 Å². The highest BCUT2D eigenvalue weighted by Gasteiger charge is 2.24. The summed E-state index contributed by atoms with van der Waals surface area (Å²) in [4.78, 5) is 12.2. The predicted octanol–water partition coefficient (Wildman–Crippen LogP) is 2.11. The van der Waals surface area contributed by atoms with Gasteiger partial charge >= 0.3 is 10.2 Å². The van der Waals surface area contributed by atoms with E-state index in [-0.39, 0.29) is 5.56 Å². The van der Waals surface area contributed by atoms with Gasteiger partial charge in [0.25, 0.3) is 5.91 Å². The van der Waals surface area contributed by atoms with Gasteiger partial charge in [0.1, 0.15) is 0 Å². The van der Waals surface area contributed by atoms with Crippen molar-refractivity contribution in [2.24, 2.45) is 0 Å². The molecule has 0 unspecified atom stereocenters. The van der Waals surface area contributed by atoms with Crippen LogP contribution in [0.4, 0.5) is 0 Å². The van der Waals surface area contributed by atoms with Crippen molar-refractivity contribution in [3.8, 4) is 12.0 Å². The van der Waals surface area contributed by atoms with Gasteiger partial charge in [0.2, 0.25) is 0 Å². The summed E-state index contributed by atoms with van der Waals surface area (Å²) < 4.78 is 29.5. The molecule has 3 rings (SSSR count). The number of benzene rings is 2. The molecule has 130 valence electrons. The minimum absolute atomic E-state index is 0.236. The van der Waals surface area contributed by atoms with E-state index in [1.807, 2.05) is 10.8 Å². The van der Waals surface area contributed by atoms with Crippen molar-refractivity contribution < 1.29 is 13.2 Å². The lowest BCUT2D eigenvalue weighted by atomic mass is 10.2. The molecule has 6 nitrogen and oxygen atoms in total. The van der Waals surface area contributed by atoms with Crippen LogP contribution in [0.15, 0.2) is 85.2 Å². The summed E-state index contributed by atoms with van der Waals surface area (Å²) in [5.74, 6) is 2.04. The number of nitrogens with one attached hydrogen (secondary N) is 1. The summed E-state index contributed by atoms with van der Waals surface area (Å²) in [5.41, 5.74) is 0.883. The zero-order chi connectivity index (χ0) is 18.4. The maximum atomic E-state index is 12.7. The SMILES string of the molecule is O=C(NS(=O)(=O)N(C#Cc1ccccc1)n1cccc1)c1ccccc1. The van der Waals surface area contributed by atoms with E-state index in [1.165, 1.54) is 29.2 Å². The Hall–Kier alpha value is -3.50. The summed E-state index contributed by atoms with van der Waals surface area (Å²) in [6, 6.07) is 23.0. The molecule has 0 aliphatic carbocycles. The number of hydrogen-bond donors (Lipinski definition) is 1. The molecule has 0 spiro atoms. The molecule has 2 aromatic carbocycles. The van der Waals surface area contributed by atoms with Gasteiger partial charge in [-0.05, 0) is 42.3 Å². The number of aromatic nitrogens is 1. The minimum atomic E-state index is -4.24. The highest BCUT2D eigenvalue weighted by molar-refractivity contribution is 7.91. The molecular formula is C19H15N3O3S. The van der Waals surface area contributed by atoms with Crippen molar-refractivity contribution in [3.63, 3.8) is 0 Å². The monoisotopic (exact) mass is 365 g/mol. The Bertz CT molecular complexity index is 1040. The topological polar surface area (TPSA) is 71.4 Å². The smallest absolute Gasteiger partial charge is 0.268 e. The first kappa shape index (κ1) is 17.3. The van der Waals surface area contributed by atoms with Crippen molar-refractivity contribution in [1.82, 2.24) is 9.40 Å². The summed E-state index contributed by atoms with van der Waals surface area (Å²) >= 11 is 0. The second kappa shape index (κ2) is 7.59. The normalized spacial score (nSPS) is 10.5. The number of carbonyl (C=O) groups is 1. The number of rotatable bonds is 4. The molecule has 1 heterocycles. The van der Waals surface area contributed by atoms with Crippen molar-refractivity contribution in [3.05, 3.63) is 96.3 Å². The van der Waals surface area contributed by atoms with Crippen LogP contribution >= 0.6 is 0 Å². The summed E-state index contributed by atoms with van der Waals surface area (Å²) in [5, 5.41) is 0. The molecule has 1 N–H and O–H groups in total. The second-order valence-electron chi connectivity index (χ2n) is 5.21. The van der Waals surface area contributed by atoms with E-state index >= 15 is 0 Å². The zero-order valence-electron chi connectivity index (χ0n) is 13.6. The summed E-state index contributed by atoms with van der Waals surface area (Å²) in [6.45, 7) is 0. The van der Waals surface area contributed by atoms with Crippen molar-refractivity contribution in [1.29, 1.82) is 0 Å². The molecule has 0 atom stereocenters. The number of nitrogens with zero attached hydrogens (tertiary/aromatic N) is 2. The van der Waals surface area contributed by atoms with E-state index in [4.69, 9.17) is 0 Å². The second-order valence-corrected chi connectivity index (χ2v) is 6.71. The number of hydrogen-bond acceptors (Lipinski definition) is 3. The Kier molecular flexibility index (Phi) is 5.06. The van der Waals surface area contributed by atoms with Crippen LogP contribution in [-0.4, -0.2) is 19.0 Å². The molecular weight excluding hydrogens is 350 g/mol. The van der Waals surface area contributed by atoms with Crippen LogP contribution in [-0.2, 0) is 10.2 Å². The molecule has 0 fully saturated rings. The standard InChI is InChI=1S/C19H15N3O3S/c23-19(18-11-5-2-6-12-18)20-26(24,25)22(21-14-7-8-15-21)16-13-17-9-3-1-4-10-17/h1-12,14-15H,(H,20,23). The predicted molar refractivity (Wildman–Crippen MR) is 98.8 cm³/mol. The Morgan fingerprint density at radius 3 is 2.08 bits per heavy atom. The van der Waals surface area contributed by atoms with Gasteiger partial charge in [-0.25, -0.2) is 9.40 Å². The Labute approximate surface area is 151 Å². The molecule has 3 aromatic rings. The Morgan fingerprint density at radius 2 is 1.46 bits per heavy atom. The average Bonchev–Trinajstić information content (AvgIpc) is 3.17. The van der Waals surface area contributed by atoms with Gasteiger partial charge in [0.05, 0.1) is 6.04 Å². The minimum Gasteiger partial charge on any atom is -0.268 e. The number of carbonyl (C=O) groups excluding carboxylic acids is 1. The zero-order valence-corrected chi connectivity index (χ0v) is 14.4. The van der Waals surface area contributed by atoms with Gasteiger partial charge in [-0.3, -0.25) is 4.79 Å². The van der Waals surface area contributed by atoms with Crippen molar-refractivity contribution >= 4 is 16.1 Å². The van der Waals surface area contributed by atoms with Crippen LogP contribution in [0, 0.1) is 12.0 Å². The Morgan fingerprint density at radius 1 is 0.885 bits per heavy atom. The Balaban J connectivity index is 1.91. The number of amides is 1. The first-order valence-electron chi connectivity index (χ1n) is 7.69. The van der Waals surface area contributed by atoms with Gasteiger partial charge in [-0.1, -0.05) is 36.4 Å². The molecule has 0 aliphatic heterocycles. The van der Waals surface area contributed by atoms with Crippen LogP contribution in [0.25, 0.3) is 0 Å². The fraction of sp³-hybridized carbons (Fsp3) is 0. The van der Waals surface area contributed by atoms with Gasteiger partial charge < -0.3 is 0 Å². The van der Waals surface area contributed by atoms with Crippen LogP contribution in [0.2, 0.25) is 0 Å². The molecule has 26 heavy (non-hydrogen) atoms. The molecule has 0 bridgehead atoms. The molecule has 0 saturated carbocycles. The maximum Gasteiger partial charge on any atom is 0.351 e. The molecule has 1 amide bonds. The van der Waals surface area contributed by atoms with E-state index < -0.39 is 16.1 Å². The van der Waals surface area contributed by atoms with Gasteiger partial charge in [-0.15, -0.1) is 4.41 Å². The highest BCUT2D eigenvalue weighted by atomic mass is 32.2. The van der Waals surface area contributed by atoms with Gasteiger partial charge in [-0.2, -0.15) is 8.42 Å². The van der Waals surface area contributed by atoms with E-state index in [0.717, 1.165) is 4.41 Å². The molecule has 0 saturated heterocycles. The average molecular weight is 365 g/mol. The molecule has 0 radical (unpaired) electrons. The van der Waals surface area contributed by atoms with E-state index in [1.54, 1.807) is 54.6 Å². The van der Waals surface area contributed by atoms with E-state index in [2.05, 4.69) is 12.0 Å². The third-order valence-corrected chi connectivity index (χ3v) is 4.53. The lowest BCUT2D eigenvalue weighted by Gasteiger charge is -2.19. The van der Waals surface area contributed by atoms with E-state index in [0.29, 0.717) is 5.56 Å². The maximum absolute atomic E-state index is 12.7. The fourth-order valence-corrected chi connectivity index (χ4v) is 3.09. The molecule has 0 aliphatic rings. The lowest BCUT2D eigenvalue weighted by molar-refractivity contribution is 0.0981. The fourth-order valence-electron chi connectivity index (χ4n) is 2.13. The molecule has 1 aromatic heterocycles. The quantitative estimate of drug-likeness (QED) is 0.569. The first-order chi connectivity index (χ1) is 12.6. The van der Waals surface area contributed by atoms with Crippen LogP contribution in [0.1, 0.15) is 15.9 Å². The summed E-state index contributed by atoms with van der Waals surface area (Å²) in [6.07, 6.45) is 3.04. The lowest BCUT2D eigenvalue weighted by Crippen LogP contribution is -2.46. The molecule has 7 heteroatoms. The van der Waals surface area contributed by atoms with Crippen molar-refractivity contribution in [2.75, 3.05) is 4.41 Å². The van der Waals surface area contributed by atoms with Gasteiger partial charge in [0, 0.05) is 23.5 Å². The third kappa shape index (κ3) is 4.12. The largest absolute Gasteiger partial charge is 0.351 e. The van der Waals surface area contributed by atoms with Crippen LogP contribution in [0.3, 0.4) is 0 Å². The first-order valence-corrected chi connectivity index (χ1v) is 9.13. The summed E-state index contributed by atoms with van der Waals surface area (Å²) in [7, 11) is -4.24. The van der Waals surface area contributed by atoms with Crippen LogP contribution in [0.5, 0.6) is 0 Å². The highest BCUT2D eigenvalue weighted by Crippen LogP contribution is 2.04. The van der Waals surface area contributed by atoms with Crippen LogP contribution < -0.4 is 9.14 Å². The van der Waals surface area contributed by atoms with Crippen molar-refractivity contribution in [2.45, 2.75) is 0 Å².